The summed E-state index contributed by atoms with van der Waals surface area (Å²) in [7, 11) is 0. The smallest absolute Gasteiger partial charge is 0.410 e. The topological polar surface area (TPSA) is 115 Å². The number of pyridine rings is 1. The van der Waals surface area contributed by atoms with Crippen LogP contribution < -0.4 is 11.1 Å². The van der Waals surface area contributed by atoms with Gasteiger partial charge in [-0.05, 0) is 52.2 Å². The van der Waals surface area contributed by atoms with Gasteiger partial charge in [-0.25, -0.2) is 18.9 Å². The normalized spacial score (nSPS) is 17.2. The maximum atomic E-state index is 13.1. The molecule has 1 aliphatic rings. The van der Waals surface area contributed by atoms with Crippen LogP contribution in [-0.2, 0) is 9.53 Å². The second kappa shape index (κ2) is 8.62. The number of nitrogens with zero attached hydrogens (tertiary/aromatic N) is 4. The van der Waals surface area contributed by atoms with E-state index in [1.165, 1.54) is 10.9 Å². The van der Waals surface area contributed by atoms with Crippen molar-refractivity contribution in [3.63, 3.8) is 0 Å². The van der Waals surface area contributed by atoms with Crippen molar-refractivity contribution in [3.8, 4) is 5.82 Å². The number of halogens is 1. The SMILES string of the molecule is C[C@H](NC(=O)C1(N)CCN(C(=O)OC(C)(C)C)CC1)c1ccc(-n2cc(F)cn2)nc1. The van der Waals surface area contributed by atoms with Gasteiger partial charge in [-0.3, -0.25) is 4.79 Å². The Bertz CT molecular complexity index is 929. The van der Waals surface area contributed by atoms with Crippen LogP contribution in [-0.4, -0.2) is 55.9 Å². The molecule has 2 amide bonds. The maximum absolute atomic E-state index is 13.1. The highest BCUT2D eigenvalue weighted by Gasteiger charge is 2.40. The van der Waals surface area contributed by atoms with E-state index in [4.69, 9.17) is 10.5 Å². The number of amides is 2. The van der Waals surface area contributed by atoms with Crippen molar-refractivity contribution in [2.24, 2.45) is 5.73 Å². The first-order valence-electron chi connectivity index (χ1n) is 10.2. The summed E-state index contributed by atoms with van der Waals surface area (Å²) < 4.78 is 19.8. The standard InChI is InChI=1S/C21H29FN6O3/c1-14(15-5-6-17(24-11-15)28-13-16(22)12-25-28)26-18(29)21(23)7-9-27(10-8-21)19(30)31-20(2,3)4/h5-6,11-14H,7-10,23H2,1-4H3,(H,26,29)/t14-/m0/s1. The summed E-state index contributed by atoms with van der Waals surface area (Å²) in [5.41, 5.74) is 5.51. The molecule has 31 heavy (non-hydrogen) atoms. The number of likely N-dealkylation sites (tertiary alicyclic amines) is 1. The summed E-state index contributed by atoms with van der Waals surface area (Å²) in [6.07, 6.45) is 4.22. The van der Waals surface area contributed by atoms with Gasteiger partial charge in [0.1, 0.15) is 5.60 Å². The molecule has 0 aliphatic carbocycles. The molecule has 3 heterocycles. The van der Waals surface area contributed by atoms with Crippen LogP contribution in [0.4, 0.5) is 9.18 Å². The molecule has 1 aliphatic heterocycles. The fourth-order valence-corrected chi connectivity index (χ4v) is 3.28. The van der Waals surface area contributed by atoms with Crippen molar-refractivity contribution in [1.82, 2.24) is 25.0 Å². The number of hydrogen-bond donors (Lipinski definition) is 2. The van der Waals surface area contributed by atoms with E-state index in [0.717, 1.165) is 11.8 Å². The number of aromatic nitrogens is 3. The Morgan fingerprint density at radius 3 is 2.45 bits per heavy atom. The van der Waals surface area contributed by atoms with Crippen molar-refractivity contribution in [2.75, 3.05) is 13.1 Å². The molecule has 0 radical (unpaired) electrons. The first-order chi connectivity index (χ1) is 14.5. The molecule has 2 aromatic rings. The minimum absolute atomic E-state index is 0.276. The summed E-state index contributed by atoms with van der Waals surface area (Å²) >= 11 is 0. The molecule has 168 valence electrons. The van der Waals surface area contributed by atoms with Gasteiger partial charge >= 0.3 is 6.09 Å². The molecule has 3 rings (SSSR count). The summed E-state index contributed by atoms with van der Waals surface area (Å²) in [4.78, 5) is 30.9. The lowest BCUT2D eigenvalue weighted by molar-refractivity contribution is -0.128. The fourth-order valence-electron chi connectivity index (χ4n) is 3.28. The monoisotopic (exact) mass is 432 g/mol. The maximum Gasteiger partial charge on any atom is 0.410 e. The number of hydrogen-bond acceptors (Lipinski definition) is 6. The third-order valence-corrected chi connectivity index (χ3v) is 5.16. The zero-order valence-electron chi connectivity index (χ0n) is 18.3. The molecule has 3 N–H and O–H groups in total. The van der Waals surface area contributed by atoms with Gasteiger partial charge in [0.25, 0.3) is 0 Å². The summed E-state index contributed by atoms with van der Waals surface area (Å²) in [6, 6.07) is 3.16. The van der Waals surface area contributed by atoms with Crippen molar-refractivity contribution in [3.05, 3.63) is 42.1 Å². The second-order valence-corrected chi connectivity index (χ2v) is 8.87. The highest BCUT2D eigenvalue weighted by molar-refractivity contribution is 5.86. The van der Waals surface area contributed by atoms with Gasteiger partial charge in [0.2, 0.25) is 5.91 Å². The number of piperidine rings is 1. The Hall–Kier alpha value is -3.01. The van der Waals surface area contributed by atoms with Crippen molar-refractivity contribution >= 4 is 12.0 Å². The number of carbonyl (C=O) groups is 2. The number of ether oxygens (including phenoxy) is 1. The lowest BCUT2D eigenvalue weighted by atomic mass is 9.87. The van der Waals surface area contributed by atoms with Gasteiger partial charge in [0.05, 0.1) is 24.0 Å². The quantitative estimate of drug-likeness (QED) is 0.766. The number of nitrogens with two attached hydrogens (primary N) is 1. The minimum Gasteiger partial charge on any atom is -0.444 e. The second-order valence-electron chi connectivity index (χ2n) is 8.87. The Labute approximate surface area is 180 Å². The van der Waals surface area contributed by atoms with E-state index < -0.39 is 23.1 Å². The first-order valence-corrected chi connectivity index (χ1v) is 10.2. The average molecular weight is 433 g/mol. The Kier molecular flexibility index (Phi) is 6.30. The molecule has 1 fully saturated rings. The van der Waals surface area contributed by atoms with E-state index in [1.807, 2.05) is 27.7 Å². The molecule has 1 atom stereocenters. The molecule has 0 unspecified atom stereocenters. The van der Waals surface area contributed by atoms with E-state index in [-0.39, 0.29) is 11.9 Å². The summed E-state index contributed by atoms with van der Waals surface area (Å²) in [6.45, 7) is 7.97. The number of nitrogens with one attached hydrogen (secondary N) is 1. The molecule has 1 saturated heterocycles. The van der Waals surface area contributed by atoms with Crippen molar-refractivity contribution < 1.29 is 18.7 Å². The van der Waals surface area contributed by atoms with Crippen LogP contribution in [0.3, 0.4) is 0 Å². The molecule has 0 bridgehead atoms. The van der Waals surface area contributed by atoms with Crippen LogP contribution in [0, 0.1) is 5.82 Å². The predicted octanol–water partition coefficient (Wildman–Crippen LogP) is 2.31. The first kappa shape index (κ1) is 22.7. The molecule has 10 heteroatoms. The van der Waals surface area contributed by atoms with Crippen molar-refractivity contribution in [2.45, 2.75) is 57.7 Å². The van der Waals surface area contributed by atoms with Crippen LogP contribution in [0.5, 0.6) is 0 Å². The van der Waals surface area contributed by atoms with E-state index in [1.54, 1.807) is 23.2 Å². The van der Waals surface area contributed by atoms with Crippen LogP contribution >= 0.6 is 0 Å². The van der Waals surface area contributed by atoms with E-state index >= 15 is 0 Å². The third kappa shape index (κ3) is 5.57. The van der Waals surface area contributed by atoms with Gasteiger partial charge in [0, 0.05) is 19.3 Å². The summed E-state index contributed by atoms with van der Waals surface area (Å²) in [5, 5.41) is 6.80. The zero-order valence-corrected chi connectivity index (χ0v) is 18.3. The van der Waals surface area contributed by atoms with Gasteiger partial charge < -0.3 is 20.7 Å². The van der Waals surface area contributed by atoms with Crippen LogP contribution in [0.25, 0.3) is 5.82 Å². The highest BCUT2D eigenvalue weighted by atomic mass is 19.1. The minimum atomic E-state index is -1.06. The lowest BCUT2D eigenvalue weighted by Crippen LogP contribution is -2.60. The van der Waals surface area contributed by atoms with Crippen molar-refractivity contribution in [1.29, 1.82) is 0 Å². The molecular weight excluding hydrogens is 403 g/mol. The number of rotatable bonds is 4. The molecule has 9 nitrogen and oxygen atoms in total. The largest absolute Gasteiger partial charge is 0.444 e. The van der Waals surface area contributed by atoms with E-state index in [0.29, 0.717) is 31.7 Å². The molecule has 0 spiro atoms. The third-order valence-electron chi connectivity index (χ3n) is 5.16. The Morgan fingerprint density at radius 1 is 1.26 bits per heavy atom. The van der Waals surface area contributed by atoms with Gasteiger partial charge in [0.15, 0.2) is 11.6 Å². The highest BCUT2D eigenvalue weighted by Crippen LogP contribution is 2.23. The zero-order chi connectivity index (χ0) is 22.8. The van der Waals surface area contributed by atoms with E-state index in [2.05, 4.69) is 15.4 Å². The molecule has 2 aromatic heterocycles. The fraction of sp³-hybridized carbons (Fsp3) is 0.524. The summed E-state index contributed by atoms with van der Waals surface area (Å²) in [5.74, 6) is -0.254. The Morgan fingerprint density at radius 2 is 1.94 bits per heavy atom. The van der Waals surface area contributed by atoms with Gasteiger partial charge in [-0.2, -0.15) is 5.10 Å². The molecular formula is C21H29FN6O3. The number of carbonyl (C=O) groups excluding carboxylic acids is 2. The van der Waals surface area contributed by atoms with Crippen LogP contribution in [0.1, 0.15) is 52.1 Å². The van der Waals surface area contributed by atoms with E-state index in [9.17, 15) is 14.0 Å². The average Bonchev–Trinajstić information content (AvgIpc) is 3.13. The van der Waals surface area contributed by atoms with Gasteiger partial charge in [-0.15, -0.1) is 0 Å². The van der Waals surface area contributed by atoms with Crippen LogP contribution in [0.15, 0.2) is 30.7 Å². The Balaban J connectivity index is 1.56. The molecule has 0 aromatic carbocycles. The lowest BCUT2D eigenvalue weighted by Gasteiger charge is -2.38. The predicted molar refractivity (Wildman–Crippen MR) is 112 cm³/mol. The molecule has 0 saturated carbocycles. The van der Waals surface area contributed by atoms with Crippen LogP contribution in [0.2, 0.25) is 0 Å². The van der Waals surface area contributed by atoms with Gasteiger partial charge in [-0.1, -0.05) is 6.07 Å².